The van der Waals surface area contributed by atoms with Crippen LogP contribution in [-0.4, -0.2) is 50.3 Å². The van der Waals surface area contributed by atoms with Crippen LogP contribution in [-0.2, 0) is 9.47 Å². The number of H-pyrrole nitrogens is 1. The molecule has 162 valence electrons. The van der Waals surface area contributed by atoms with E-state index in [1.54, 1.807) is 28.1 Å². The fraction of sp³-hybridized carbons (Fsp3) is 0.478. The minimum Gasteiger partial charge on any atom is -0.497 e. The quantitative estimate of drug-likeness (QED) is 0.497. The lowest BCUT2D eigenvalue weighted by Gasteiger charge is -2.29. The molecule has 30 heavy (non-hydrogen) atoms. The lowest BCUT2D eigenvalue weighted by molar-refractivity contribution is 0.0387. The Labute approximate surface area is 177 Å². The van der Waals surface area contributed by atoms with Crippen LogP contribution in [0.4, 0.5) is 5.69 Å². The molecule has 0 unspecified atom stereocenters. The first kappa shape index (κ1) is 21.9. The van der Waals surface area contributed by atoms with E-state index in [1.807, 2.05) is 29.2 Å². The number of nitrogens with one attached hydrogen (secondary N) is 1. The molecule has 1 amide bonds. The maximum absolute atomic E-state index is 13.6. The molecule has 1 heterocycles. The normalized spacial score (nSPS) is 14.3. The highest BCUT2D eigenvalue weighted by Gasteiger charge is 2.37. The molecule has 1 N–H and O–H groups in total. The summed E-state index contributed by atoms with van der Waals surface area (Å²) in [6.45, 7) is 6.12. The van der Waals surface area contributed by atoms with Gasteiger partial charge in [-0.3, -0.25) is 4.79 Å². The zero-order valence-corrected chi connectivity index (χ0v) is 18.3. The number of aromatic nitrogens is 1. The zero-order chi connectivity index (χ0) is 21.8. The predicted molar refractivity (Wildman–Crippen MR) is 114 cm³/mol. The fourth-order valence-electron chi connectivity index (χ4n) is 3.75. The van der Waals surface area contributed by atoms with Crippen LogP contribution < -0.4 is 9.64 Å². The first-order valence-corrected chi connectivity index (χ1v) is 10.2. The second kappa shape index (κ2) is 9.34. The number of nitrogens with zero attached hydrogens (tertiary/aromatic N) is 1. The lowest BCUT2D eigenvalue weighted by atomic mass is 10.1. The number of carbonyl (C=O) groups excluding carboxylic acids is 2. The number of rotatable bonds is 9. The minimum absolute atomic E-state index is 0.0472. The molecule has 1 aromatic heterocycles. The summed E-state index contributed by atoms with van der Waals surface area (Å²) in [5.41, 5.74) is 2.84. The van der Waals surface area contributed by atoms with Crippen LogP contribution in [0.2, 0.25) is 0 Å². The number of amides is 1. The number of aromatic amines is 1. The third kappa shape index (κ3) is 4.51. The van der Waals surface area contributed by atoms with Gasteiger partial charge in [0.05, 0.1) is 19.3 Å². The Morgan fingerprint density at radius 2 is 1.80 bits per heavy atom. The van der Waals surface area contributed by atoms with Gasteiger partial charge in [-0.2, -0.15) is 0 Å². The smallest absolute Gasteiger partial charge is 0.340 e. The van der Waals surface area contributed by atoms with E-state index in [0.717, 1.165) is 24.3 Å². The molecule has 1 saturated carbocycles. The molecule has 1 aliphatic carbocycles. The van der Waals surface area contributed by atoms with Crippen molar-refractivity contribution in [3.05, 3.63) is 46.8 Å². The fourth-order valence-corrected chi connectivity index (χ4v) is 3.75. The highest BCUT2D eigenvalue weighted by atomic mass is 16.6. The maximum atomic E-state index is 13.6. The van der Waals surface area contributed by atoms with Gasteiger partial charge in [0.15, 0.2) is 0 Å². The third-order valence-corrected chi connectivity index (χ3v) is 5.66. The molecule has 1 fully saturated rings. The summed E-state index contributed by atoms with van der Waals surface area (Å²) in [6.07, 6.45) is 2.22. The molecule has 0 aliphatic heterocycles. The Bertz CT molecular complexity index is 899. The number of methoxy groups -OCH3 is 2. The van der Waals surface area contributed by atoms with Gasteiger partial charge in [-0.1, -0.05) is 0 Å². The van der Waals surface area contributed by atoms with Crippen molar-refractivity contribution in [1.29, 1.82) is 0 Å². The van der Waals surface area contributed by atoms with Crippen LogP contribution in [0.3, 0.4) is 0 Å². The summed E-state index contributed by atoms with van der Waals surface area (Å²) < 4.78 is 15.4. The highest BCUT2D eigenvalue weighted by molar-refractivity contribution is 6.08. The van der Waals surface area contributed by atoms with Crippen LogP contribution in [0.1, 0.15) is 51.9 Å². The van der Waals surface area contributed by atoms with E-state index in [1.165, 1.54) is 0 Å². The molecule has 2 aromatic rings. The van der Waals surface area contributed by atoms with E-state index in [-0.39, 0.29) is 18.6 Å². The van der Waals surface area contributed by atoms with Gasteiger partial charge in [0.2, 0.25) is 0 Å². The summed E-state index contributed by atoms with van der Waals surface area (Å²) in [4.78, 5) is 31.1. The van der Waals surface area contributed by atoms with Crippen molar-refractivity contribution in [2.24, 2.45) is 5.92 Å². The van der Waals surface area contributed by atoms with Crippen molar-refractivity contribution in [2.45, 2.75) is 39.7 Å². The number of hydrogen-bond acceptors (Lipinski definition) is 5. The van der Waals surface area contributed by atoms with Crippen LogP contribution in [0.5, 0.6) is 5.75 Å². The number of ether oxygens (including phenoxy) is 3. The zero-order valence-electron chi connectivity index (χ0n) is 18.3. The Hall–Kier alpha value is -2.80. The molecular weight excluding hydrogens is 384 g/mol. The predicted octanol–water partition coefficient (Wildman–Crippen LogP) is 3.89. The maximum Gasteiger partial charge on any atom is 0.340 e. The molecule has 0 saturated heterocycles. The number of hydrogen-bond donors (Lipinski definition) is 1. The number of anilines is 1. The molecule has 1 aromatic carbocycles. The second-order valence-corrected chi connectivity index (χ2v) is 7.70. The number of esters is 1. The lowest BCUT2D eigenvalue weighted by Crippen LogP contribution is -2.40. The van der Waals surface area contributed by atoms with E-state index in [4.69, 9.17) is 14.2 Å². The Kier molecular flexibility index (Phi) is 6.82. The standard InChI is InChI=1S/C23H30N2O5/c1-14-20(23(27)30-13-12-28-4)15(2)24-21(14)22(26)25(16(3)17-6-7-17)18-8-10-19(29-5)11-9-18/h8-11,16-17,24H,6-7,12-13H2,1-5H3/t16-/m0/s1. The second-order valence-electron chi connectivity index (χ2n) is 7.70. The van der Waals surface area contributed by atoms with Gasteiger partial charge in [-0.05, 0) is 69.4 Å². The van der Waals surface area contributed by atoms with Crippen LogP contribution >= 0.6 is 0 Å². The van der Waals surface area contributed by atoms with Crippen LogP contribution in [0.25, 0.3) is 0 Å². The van der Waals surface area contributed by atoms with Crippen molar-refractivity contribution in [3.8, 4) is 5.75 Å². The number of aryl methyl sites for hydroxylation is 1. The molecule has 0 bridgehead atoms. The van der Waals surface area contributed by atoms with Gasteiger partial charge in [0.25, 0.3) is 5.91 Å². The molecule has 0 spiro atoms. The van der Waals surface area contributed by atoms with Crippen molar-refractivity contribution >= 4 is 17.6 Å². The van der Waals surface area contributed by atoms with Crippen LogP contribution in [0.15, 0.2) is 24.3 Å². The monoisotopic (exact) mass is 414 g/mol. The number of carbonyl (C=O) groups is 2. The molecule has 0 radical (unpaired) electrons. The van der Waals surface area contributed by atoms with Gasteiger partial charge >= 0.3 is 5.97 Å². The van der Waals surface area contributed by atoms with Gasteiger partial charge in [0.1, 0.15) is 18.1 Å². The largest absolute Gasteiger partial charge is 0.497 e. The average Bonchev–Trinajstić information content (AvgIpc) is 3.54. The summed E-state index contributed by atoms with van der Waals surface area (Å²) in [5, 5.41) is 0. The van der Waals surface area contributed by atoms with Crippen molar-refractivity contribution in [1.82, 2.24) is 4.98 Å². The van der Waals surface area contributed by atoms with Crippen molar-refractivity contribution < 1.29 is 23.8 Å². The Morgan fingerprint density at radius 1 is 1.13 bits per heavy atom. The molecule has 1 atom stereocenters. The first-order valence-electron chi connectivity index (χ1n) is 10.2. The van der Waals surface area contributed by atoms with Gasteiger partial charge in [-0.15, -0.1) is 0 Å². The molecule has 7 heteroatoms. The molecular formula is C23H30N2O5. The van der Waals surface area contributed by atoms with Crippen molar-refractivity contribution in [3.63, 3.8) is 0 Å². The van der Waals surface area contributed by atoms with Crippen molar-refractivity contribution in [2.75, 3.05) is 32.3 Å². The summed E-state index contributed by atoms with van der Waals surface area (Å²) in [5.74, 6) is 0.601. The summed E-state index contributed by atoms with van der Waals surface area (Å²) >= 11 is 0. The van der Waals surface area contributed by atoms with Crippen LogP contribution in [0, 0.1) is 19.8 Å². The molecule has 3 rings (SSSR count). The summed E-state index contributed by atoms with van der Waals surface area (Å²) in [7, 11) is 3.16. The van der Waals surface area contributed by atoms with E-state index in [2.05, 4.69) is 11.9 Å². The average molecular weight is 415 g/mol. The molecule has 1 aliphatic rings. The number of benzene rings is 1. The highest BCUT2D eigenvalue weighted by Crippen LogP contribution is 2.38. The van der Waals surface area contributed by atoms with E-state index < -0.39 is 5.97 Å². The van der Waals surface area contributed by atoms with E-state index in [9.17, 15) is 9.59 Å². The minimum atomic E-state index is -0.455. The first-order chi connectivity index (χ1) is 14.4. The van der Waals surface area contributed by atoms with Gasteiger partial charge < -0.3 is 24.1 Å². The Balaban J connectivity index is 1.92. The SMILES string of the molecule is COCCOC(=O)c1c(C)[nH]c(C(=O)N(c2ccc(OC)cc2)[C@@H](C)C2CC2)c1C. The Morgan fingerprint density at radius 3 is 2.37 bits per heavy atom. The van der Waals surface area contributed by atoms with E-state index >= 15 is 0 Å². The van der Waals surface area contributed by atoms with E-state index in [0.29, 0.717) is 35.0 Å². The van der Waals surface area contributed by atoms with Gasteiger partial charge in [0, 0.05) is 24.5 Å². The topological polar surface area (TPSA) is 80.9 Å². The summed E-state index contributed by atoms with van der Waals surface area (Å²) in [6, 6.07) is 7.52. The van der Waals surface area contributed by atoms with Gasteiger partial charge in [-0.25, -0.2) is 4.79 Å². The third-order valence-electron chi connectivity index (χ3n) is 5.66. The molecule has 7 nitrogen and oxygen atoms in total.